The normalized spacial score (nSPS) is 11.0. The average molecular weight is 473 g/mol. The Morgan fingerprint density at radius 2 is 1.60 bits per heavy atom. The van der Waals surface area contributed by atoms with Gasteiger partial charge in [0.25, 0.3) is 5.56 Å². The molecule has 1 aromatic heterocycles. The van der Waals surface area contributed by atoms with Crippen LogP contribution in [0.5, 0.6) is 23.0 Å². The summed E-state index contributed by atoms with van der Waals surface area (Å²) in [6, 6.07) is 16.8. The monoisotopic (exact) mass is 473 g/mol. The Hall–Kier alpha value is -4.66. The zero-order valence-electron chi connectivity index (χ0n) is 19.6. The van der Waals surface area contributed by atoms with Crippen LogP contribution in [-0.4, -0.2) is 43.2 Å². The zero-order valence-corrected chi connectivity index (χ0v) is 19.6. The predicted octanol–water partition coefficient (Wildman–Crippen LogP) is 3.83. The van der Waals surface area contributed by atoms with Gasteiger partial charge in [-0.05, 0) is 61.0 Å². The van der Waals surface area contributed by atoms with Crippen LogP contribution in [0.25, 0.3) is 10.9 Å². The number of ether oxygens (including phenoxy) is 4. The van der Waals surface area contributed by atoms with E-state index in [1.807, 2.05) is 6.07 Å². The SMILES string of the molecule is COc1cc(C(=O)Oc2ccc(C=Nn3c(C)nc4ccccc4c3=O)cc2)cc(OC)c1OC. The summed E-state index contributed by atoms with van der Waals surface area (Å²) in [5.74, 6) is 1.29. The highest BCUT2D eigenvalue weighted by Gasteiger charge is 2.18. The Bertz CT molecular complexity index is 1450. The number of aryl methyl sites for hydroxylation is 1. The lowest BCUT2D eigenvalue weighted by Crippen LogP contribution is -2.20. The number of para-hydroxylation sites is 1. The van der Waals surface area contributed by atoms with Gasteiger partial charge in [-0.1, -0.05) is 12.1 Å². The fourth-order valence-corrected chi connectivity index (χ4v) is 3.48. The van der Waals surface area contributed by atoms with Crippen LogP contribution in [0.1, 0.15) is 21.7 Å². The third kappa shape index (κ3) is 4.84. The van der Waals surface area contributed by atoms with Gasteiger partial charge in [-0.2, -0.15) is 9.78 Å². The summed E-state index contributed by atoms with van der Waals surface area (Å²) in [5, 5.41) is 4.78. The lowest BCUT2D eigenvalue weighted by atomic mass is 10.2. The molecule has 0 aliphatic rings. The van der Waals surface area contributed by atoms with Gasteiger partial charge in [0.1, 0.15) is 11.6 Å². The third-order valence-electron chi connectivity index (χ3n) is 5.23. The van der Waals surface area contributed by atoms with Crippen LogP contribution in [0.2, 0.25) is 0 Å². The molecule has 0 saturated heterocycles. The Morgan fingerprint density at radius 3 is 2.23 bits per heavy atom. The van der Waals surface area contributed by atoms with Gasteiger partial charge in [0.05, 0.1) is 44.0 Å². The lowest BCUT2D eigenvalue weighted by molar-refractivity contribution is 0.0734. The van der Waals surface area contributed by atoms with E-state index in [2.05, 4.69) is 10.1 Å². The molecule has 0 fully saturated rings. The molecule has 0 aliphatic carbocycles. The van der Waals surface area contributed by atoms with Crippen molar-refractivity contribution >= 4 is 23.1 Å². The maximum absolute atomic E-state index is 12.7. The molecule has 0 unspecified atom stereocenters. The molecule has 1 heterocycles. The quantitative estimate of drug-likeness (QED) is 0.228. The predicted molar refractivity (Wildman–Crippen MR) is 131 cm³/mol. The second-order valence-electron chi connectivity index (χ2n) is 7.41. The average Bonchev–Trinajstić information content (AvgIpc) is 2.88. The number of rotatable bonds is 7. The first kappa shape index (κ1) is 23.5. The van der Waals surface area contributed by atoms with Crippen LogP contribution in [0, 0.1) is 6.92 Å². The molecule has 0 atom stereocenters. The third-order valence-corrected chi connectivity index (χ3v) is 5.23. The Balaban J connectivity index is 1.52. The number of carbonyl (C=O) groups excluding carboxylic acids is 1. The molecular weight excluding hydrogens is 450 g/mol. The van der Waals surface area contributed by atoms with Gasteiger partial charge in [-0.3, -0.25) is 4.79 Å². The zero-order chi connectivity index (χ0) is 24.9. The molecule has 4 rings (SSSR count). The number of nitrogens with zero attached hydrogens (tertiary/aromatic N) is 3. The van der Waals surface area contributed by atoms with Crippen molar-refractivity contribution < 1.29 is 23.7 Å². The Morgan fingerprint density at radius 1 is 0.943 bits per heavy atom. The van der Waals surface area contributed by atoms with Crippen molar-refractivity contribution in [2.24, 2.45) is 5.10 Å². The number of methoxy groups -OCH3 is 3. The van der Waals surface area contributed by atoms with E-state index in [9.17, 15) is 9.59 Å². The van der Waals surface area contributed by atoms with Gasteiger partial charge in [-0.25, -0.2) is 9.78 Å². The van der Waals surface area contributed by atoms with E-state index in [-0.39, 0.29) is 11.1 Å². The van der Waals surface area contributed by atoms with Crippen molar-refractivity contribution in [3.05, 3.63) is 88.0 Å². The highest BCUT2D eigenvalue weighted by molar-refractivity contribution is 5.93. The summed E-state index contributed by atoms with van der Waals surface area (Å²) in [6.45, 7) is 1.72. The van der Waals surface area contributed by atoms with Crippen LogP contribution in [0.4, 0.5) is 0 Å². The minimum atomic E-state index is -0.588. The van der Waals surface area contributed by atoms with Gasteiger partial charge >= 0.3 is 5.97 Å². The van der Waals surface area contributed by atoms with Gasteiger partial charge in [0.15, 0.2) is 11.5 Å². The fourth-order valence-electron chi connectivity index (χ4n) is 3.48. The first-order valence-corrected chi connectivity index (χ1v) is 10.6. The van der Waals surface area contributed by atoms with E-state index in [4.69, 9.17) is 18.9 Å². The second kappa shape index (κ2) is 10.1. The van der Waals surface area contributed by atoms with Gasteiger partial charge < -0.3 is 18.9 Å². The first-order chi connectivity index (χ1) is 16.9. The molecule has 35 heavy (non-hydrogen) atoms. The molecule has 0 spiro atoms. The van der Waals surface area contributed by atoms with Crippen molar-refractivity contribution in [1.29, 1.82) is 0 Å². The largest absolute Gasteiger partial charge is 0.493 e. The molecule has 0 saturated carbocycles. The van der Waals surface area contributed by atoms with Crippen molar-refractivity contribution in [3.8, 4) is 23.0 Å². The fraction of sp³-hybridized carbons (Fsp3) is 0.154. The van der Waals surface area contributed by atoms with Crippen molar-refractivity contribution in [2.75, 3.05) is 21.3 Å². The number of hydrogen-bond acceptors (Lipinski definition) is 8. The summed E-state index contributed by atoms with van der Waals surface area (Å²) in [7, 11) is 4.42. The molecule has 4 aromatic rings. The summed E-state index contributed by atoms with van der Waals surface area (Å²) < 4.78 is 22.6. The number of aromatic nitrogens is 2. The van der Waals surface area contributed by atoms with Crippen LogP contribution in [0.3, 0.4) is 0 Å². The molecular formula is C26H23N3O6. The molecule has 178 valence electrons. The number of fused-ring (bicyclic) bond motifs is 1. The maximum Gasteiger partial charge on any atom is 0.343 e. The van der Waals surface area contributed by atoms with Crippen molar-refractivity contribution in [1.82, 2.24) is 9.66 Å². The minimum absolute atomic E-state index is 0.240. The van der Waals surface area contributed by atoms with E-state index in [0.29, 0.717) is 45.3 Å². The molecule has 9 heteroatoms. The summed E-state index contributed by atoms with van der Waals surface area (Å²) in [4.78, 5) is 29.8. The number of esters is 1. The molecule has 0 N–H and O–H groups in total. The van der Waals surface area contributed by atoms with Gasteiger partial charge in [0.2, 0.25) is 5.75 Å². The lowest BCUT2D eigenvalue weighted by Gasteiger charge is -2.13. The molecule has 0 amide bonds. The topological polar surface area (TPSA) is 101 Å². The maximum atomic E-state index is 12.7. The Kier molecular flexibility index (Phi) is 6.77. The minimum Gasteiger partial charge on any atom is -0.493 e. The van der Waals surface area contributed by atoms with Gasteiger partial charge in [-0.15, -0.1) is 0 Å². The number of hydrogen-bond donors (Lipinski definition) is 0. The molecule has 0 radical (unpaired) electrons. The van der Waals surface area contributed by atoms with Crippen LogP contribution < -0.4 is 24.5 Å². The summed E-state index contributed by atoms with van der Waals surface area (Å²) in [6.07, 6.45) is 1.54. The van der Waals surface area contributed by atoms with E-state index >= 15 is 0 Å². The van der Waals surface area contributed by atoms with Crippen molar-refractivity contribution in [2.45, 2.75) is 6.92 Å². The molecule has 0 aliphatic heterocycles. The van der Waals surface area contributed by atoms with E-state index in [0.717, 1.165) is 0 Å². The molecule has 9 nitrogen and oxygen atoms in total. The van der Waals surface area contributed by atoms with Crippen LogP contribution >= 0.6 is 0 Å². The van der Waals surface area contributed by atoms with Crippen LogP contribution in [0.15, 0.2) is 70.6 Å². The highest BCUT2D eigenvalue weighted by atomic mass is 16.5. The highest BCUT2D eigenvalue weighted by Crippen LogP contribution is 2.38. The number of carbonyl (C=O) groups is 1. The summed E-state index contributed by atoms with van der Waals surface area (Å²) in [5.41, 5.74) is 1.32. The Labute approximate surface area is 201 Å². The van der Waals surface area contributed by atoms with E-state index in [1.165, 1.54) is 44.4 Å². The van der Waals surface area contributed by atoms with Crippen molar-refractivity contribution in [3.63, 3.8) is 0 Å². The number of benzene rings is 3. The molecule has 3 aromatic carbocycles. The van der Waals surface area contributed by atoms with Crippen LogP contribution in [-0.2, 0) is 0 Å². The smallest absolute Gasteiger partial charge is 0.343 e. The van der Waals surface area contributed by atoms with Gasteiger partial charge in [0, 0.05) is 0 Å². The van der Waals surface area contributed by atoms with E-state index in [1.54, 1.807) is 49.4 Å². The molecule has 0 bridgehead atoms. The first-order valence-electron chi connectivity index (χ1n) is 10.6. The second-order valence-corrected chi connectivity index (χ2v) is 7.41. The van der Waals surface area contributed by atoms with E-state index < -0.39 is 5.97 Å². The standard InChI is InChI=1S/C26H23N3O6/c1-16-28-21-8-6-5-7-20(21)25(30)29(16)27-15-17-9-11-19(12-10-17)35-26(31)18-13-22(32-2)24(34-4)23(14-18)33-3/h5-15H,1-4H3. The summed E-state index contributed by atoms with van der Waals surface area (Å²) >= 11 is 0.